The van der Waals surface area contributed by atoms with Crippen LogP contribution in [-0.2, 0) is 4.79 Å². The molecular weight excluding hydrogens is 127 g/mol. The van der Waals surface area contributed by atoms with Crippen LogP contribution in [0.3, 0.4) is 0 Å². The van der Waals surface area contributed by atoms with Crippen LogP contribution in [0.15, 0.2) is 0 Å². The SMILES string of the molecule is CC(=O)O.O.O.O.[H-].[Na+]. The molecule has 0 rings (SSSR count). The maximum atomic E-state index is 9.00. The van der Waals surface area contributed by atoms with E-state index in [1.165, 1.54) is 0 Å². The molecule has 0 fully saturated rings. The van der Waals surface area contributed by atoms with Crippen LogP contribution in [0, 0.1) is 0 Å². The van der Waals surface area contributed by atoms with Gasteiger partial charge in [-0.15, -0.1) is 0 Å². The Morgan fingerprint density at radius 2 is 1.38 bits per heavy atom. The third-order valence-electron chi connectivity index (χ3n) is 0. The average Bonchev–Trinajstić information content (AvgIpc) is 0.811. The van der Waals surface area contributed by atoms with E-state index in [0.29, 0.717) is 0 Å². The molecule has 0 aromatic heterocycles. The minimum atomic E-state index is -0.833. The average molecular weight is 138 g/mol. The maximum Gasteiger partial charge on any atom is 1.00 e. The Hall–Kier alpha value is 0.350. The fourth-order valence-electron chi connectivity index (χ4n) is 0. The molecule has 0 atom stereocenters. The molecule has 0 bridgehead atoms. The zero-order valence-corrected chi connectivity index (χ0v) is 6.86. The summed E-state index contributed by atoms with van der Waals surface area (Å²) < 4.78 is 0. The number of hydrogen-bond acceptors (Lipinski definition) is 1. The summed E-state index contributed by atoms with van der Waals surface area (Å²) in [5.41, 5.74) is 0. The van der Waals surface area contributed by atoms with Gasteiger partial charge in [0.2, 0.25) is 0 Å². The molecule has 0 spiro atoms. The van der Waals surface area contributed by atoms with Gasteiger partial charge in [-0.2, -0.15) is 0 Å². The summed E-state index contributed by atoms with van der Waals surface area (Å²) in [5.74, 6) is -0.833. The number of carboxylic acids is 1. The van der Waals surface area contributed by atoms with Crippen LogP contribution in [0.1, 0.15) is 8.35 Å². The second-order valence-corrected chi connectivity index (χ2v) is 0.519. The monoisotopic (exact) mass is 138 g/mol. The van der Waals surface area contributed by atoms with E-state index in [0.717, 1.165) is 6.92 Å². The summed E-state index contributed by atoms with van der Waals surface area (Å²) in [7, 11) is 0. The number of hydrogen-bond donors (Lipinski definition) is 1. The van der Waals surface area contributed by atoms with Gasteiger partial charge in [-0.05, 0) is 0 Å². The number of carbonyl (C=O) groups is 1. The number of aliphatic carboxylic acids is 1. The summed E-state index contributed by atoms with van der Waals surface area (Å²) in [6.07, 6.45) is 0. The van der Waals surface area contributed by atoms with E-state index in [4.69, 9.17) is 9.90 Å². The van der Waals surface area contributed by atoms with Crippen molar-refractivity contribution in [3.63, 3.8) is 0 Å². The predicted molar refractivity (Wildman–Crippen MR) is 25.3 cm³/mol. The van der Waals surface area contributed by atoms with Crippen LogP contribution >= 0.6 is 0 Å². The van der Waals surface area contributed by atoms with Gasteiger partial charge in [0, 0.05) is 6.92 Å². The molecule has 0 amide bonds. The Balaban J connectivity index is -0.00000000450. The first kappa shape index (κ1) is 40.2. The first-order chi connectivity index (χ1) is 1.73. The molecule has 0 radical (unpaired) electrons. The first-order valence-electron chi connectivity index (χ1n) is 0.928. The third-order valence-corrected chi connectivity index (χ3v) is 0. The van der Waals surface area contributed by atoms with Gasteiger partial charge >= 0.3 is 29.6 Å². The Bertz CT molecular complexity index is 37.9. The molecule has 0 aromatic rings. The van der Waals surface area contributed by atoms with Crippen molar-refractivity contribution in [2.24, 2.45) is 0 Å². The normalized spacial score (nSPS) is 3.12. The van der Waals surface area contributed by atoms with Crippen LogP contribution < -0.4 is 29.6 Å². The van der Waals surface area contributed by atoms with Crippen molar-refractivity contribution < 1.29 is 57.3 Å². The molecule has 8 heavy (non-hydrogen) atoms. The Morgan fingerprint density at radius 3 is 1.38 bits per heavy atom. The summed E-state index contributed by atoms with van der Waals surface area (Å²) >= 11 is 0. The summed E-state index contributed by atoms with van der Waals surface area (Å²) in [5, 5.41) is 7.42. The van der Waals surface area contributed by atoms with Crippen molar-refractivity contribution in [2.45, 2.75) is 6.92 Å². The third kappa shape index (κ3) is 1480. The number of carboxylic acid groups (broad SMARTS) is 1. The van der Waals surface area contributed by atoms with Crippen LogP contribution in [0.25, 0.3) is 0 Å². The molecule has 0 saturated carbocycles. The quantitative estimate of drug-likeness (QED) is 0.335. The zero-order chi connectivity index (χ0) is 3.58. The van der Waals surface area contributed by atoms with Gasteiger partial charge in [0.05, 0.1) is 0 Å². The first-order valence-corrected chi connectivity index (χ1v) is 0.928. The standard InChI is InChI=1S/C2H4O2.Na.3H2O.H/c1-2(3)4;;;;;/h1H3,(H,3,4);;3*1H2;/q;+1;;;;-1. The molecule has 0 aliphatic carbocycles. The van der Waals surface area contributed by atoms with E-state index in [9.17, 15) is 0 Å². The smallest absolute Gasteiger partial charge is 1.00 e. The summed E-state index contributed by atoms with van der Waals surface area (Å²) in [6.45, 7) is 1.08. The topological polar surface area (TPSA) is 132 Å². The van der Waals surface area contributed by atoms with E-state index in [1.54, 1.807) is 0 Å². The summed E-state index contributed by atoms with van der Waals surface area (Å²) in [4.78, 5) is 9.00. The minimum Gasteiger partial charge on any atom is -1.00 e. The van der Waals surface area contributed by atoms with Gasteiger partial charge in [-0.25, -0.2) is 0 Å². The van der Waals surface area contributed by atoms with Gasteiger partial charge in [0.1, 0.15) is 0 Å². The van der Waals surface area contributed by atoms with E-state index in [2.05, 4.69) is 0 Å². The predicted octanol–water partition coefficient (Wildman–Crippen LogP) is -5.27. The molecule has 0 aliphatic rings. The second kappa shape index (κ2) is 26.4. The molecule has 0 heterocycles. The minimum absolute atomic E-state index is 0. The Labute approximate surface area is 70.4 Å². The molecule has 6 heteroatoms. The maximum absolute atomic E-state index is 9.00. The van der Waals surface area contributed by atoms with E-state index in [-0.39, 0.29) is 47.4 Å². The van der Waals surface area contributed by atoms with Crippen LogP contribution in [0.2, 0.25) is 0 Å². The van der Waals surface area contributed by atoms with Gasteiger partial charge in [-0.1, -0.05) is 0 Å². The van der Waals surface area contributed by atoms with Crippen LogP contribution in [-0.4, -0.2) is 27.5 Å². The van der Waals surface area contributed by atoms with E-state index >= 15 is 0 Å². The summed E-state index contributed by atoms with van der Waals surface area (Å²) in [6, 6.07) is 0. The molecule has 0 saturated heterocycles. The molecular formula is C2H11NaO5. The van der Waals surface area contributed by atoms with Crippen molar-refractivity contribution >= 4 is 5.97 Å². The van der Waals surface area contributed by atoms with E-state index < -0.39 is 5.97 Å². The molecule has 5 nitrogen and oxygen atoms in total. The Morgan fingerprint density at radius 1 is 1.38 bits per heavy atom. The Kier molecular flexibility index (Phi) is 133. The molecule has 7 N–H and O–H groups in total. The van der Waals surface area contributed by atoms with Crippen molar-refractivity contribution in [1.82, 2.24) is 0 Å². The molecule has 0 unspecified atom stereocenters. The van der Waals surface area contributed by atoms with Crippen LogP contribution in [0.5, 0.6) is 0 Å². The zero-order valence-electron chi connectivity index (χ0n) is 5.86. The molecule has 0 aromatic carbocycles. The van der Waals surface area contributed by atoms with Crippen molar-refractivity contribution in [3.05, 3.63) is 0 Å². The van der Waals surface area contributed by atoms with Crippen molar-refractivity contribution in [1.29, 1.82) is 0 Å². The largest absolute Gasteiger partial charge is 1.00 e. The van der Waals surface area contributed by atoms with E-state index in [1.807, 2.05) is 0 Å². The van der Waals surface area contributed by atoms with Gasteiger partial charge in [-0.3, -0.25) is 4.79 Å². The molecule has 50 valence electrons. The van der Waals surface area contributed by atoms with Crippen molar-refractivity contribution in [3.8, 4) is 0 Å². The van der Waals surface area contributed by atoms with Gasteiger partial charge < -0.3 is 23.0 Å². The second-order valence-electron chi connectivity index (χ2n) is 0.519. The fourth-order valence-corrected chi connectivity index (χ4v) is 0. The van der Waals surface area contributed by atoms with Crippen molar-refractivity contribution in [2.75, 3.05) is 0 Å². The fraction of sp³-hybridized carbons (Fsp3) is 0.500. The van der Waals surface area contributed by atoms with Gasteiger partial charge in [0.25, 0.3) is 5.97 Å². The molecule has 0 aliphatic heterocycles. The number of rotatable bonds is 0. The van der Waals surface area contributed by atoms with Crippen LogP contribution in [0.4, 0.5) is 0 Å². The van der Waals surface area contributed by atoms with Gasteiger partial charge in [0.15, 0.2) is 0 Å².